The van der Waals surface area contributed by atoms with E-state index in [-0.39, 0.29) is 18.3 Å². The Morgan fingerprint density at radius 2 is 2.29 bits per heavy atom. The van der Waals surface area contributed by atoms with Gasteiger partial charge in [0.25, 0.3) is 0 Å². The third-order valence-electron chi connectivity index (χ3n) is 2.24. The molecule has 1 aromatic carbocycles. The van der Waals surface area contributed by atoms with Crippen molar-refractivity contribution >= 4 is 32.6 Å². The summed E-state index contributed by atoms with van der Waals surface area (Å²) >= 11 is 1.40. The minimum absolute atomic E-state index is 0.0320. The van der Waals surface area contributed by atoms with Crippen molar-refractivity contribution in [3.05, 3.63) is 24.0 Å². The standard InChI is InChI=1S/C11H12FN3OS/c1-15(2)10(16)6-13-11-14-8-5-7(12)3-4-9(8)17-11/h3-5H,6H2,1-2H3,(H,13,14). The molecule has 2 rings (SSSR count). The summed E-state index contributed by atoms with van der Waals surface area (Å²) in [5.74, 6) is -0.339. The predicted molar refractivity (Wildman–Crippen MR) is 66.8 cm³/mol. The second kappa shape index (κ2) is 4.67. The molecule has 0 saturated carbocycles. The number of halogens is 1. The lowest BCUT2D eigenvalue weighted by atomic mass is 10.3. The van der Waals surface area contributed by atoms with Gasteiger partial charge in [-0.05, 0) is 12.1 Å². The van der Waals surface area contributed by atoms with E-state index in [2.05, 4.69) is 10.3 Å². The van der Waals surface area contributed by atoms with E-state index in [1.54, 1.807) is 20.2 Å². The topological polar surface area (TPSA) is 45.2 Å². The summed E-state index contributed by atoms with van der Waals surface area (Å²) in [5.41, 5.74) is 0.606. The number of nitrogens with zero attached hydrogens (tertiary/aromatic N) is 2. The molecule has 0 aliphatic carbocycles. The van der Waals surface area contributed by atoms with Crippen molar-refractivity contribution in [3.8, 4) is 0 Å². The first kappa shape index (κ1) is 11.8. The van der Waals surface area contributed by atoms with Gasteiger partial charge in [-0.2, -0.15) is 0 Å². The van der Waals surface area contributed by atoms with E-state index < -0.39 is 0 Å². The molecule has 1 N–H and O–H groups in total. The molecular formula is C11H12FN3OS. The fourth-order valence-electron chi connectivity index (χ4n) is 1.29. The predicted octanol–water partition coefficient (Wildman–Crippen LogP) is 1.94. The highest BCUT2D eigenvalue weighted by Gasteiger charge is 2.07. The molecule has 0 aliphatic rings. The maximum absolute atomic E-state index is 12.9. The number of anilines is 1. The minimum Gasteiger partial charge on any atom is -0.352 e. The average molecular weight is 253 g/mol. The number of likely N-dealkylation sites (N-methyl/N-ethyl adjacent to an activating group) is 1. The van der Waals surface area contributed by atoms with Crippen molar-refractivity contribution in [1.29, 1.82) is 0 Å². The Morgan fingerprint density at radius 1 is 1.53 bits per heavy atom. The maximum Gasteiger partial charge on any atom is 0.241 e. The number of hydrogen-bond donors (Lipinski definition) is 1. The van der Waals surface area contributed by atoms with Crippen LogP contribution in [-0.4, -0.2) is 36.4 Å². The Hall–Kier alpha value is -1.69. The van der Waals surface area contributed by atoms with Gasteiger partial charge in [0, 0.05) is 20.2 Å². The van der Waals surface area contributed by atoms with E-state index in [9.17, 15) is 9.18 Å². The molecule has 0 radical (unpaired) electrons. The van der Waals surface area contributed by atoms with Crippen LogP contribution in [-0.2, 0) is 4.79 Å². The van der Waals surface area contributed by atoms with Crippen LogP contribution in [0.2, 0.25) is 0 Å². The van der Waals surface area contributed by atoms with Gasteiger partial charge in [0.05, 0.1) is 16.8 Å². The molecule has 6 heteroatoms. The second-order valence-electron chi connectivity index (χ2n) is 3.77. The highest BCUT2D eigenvalue weighted by Crippen LogP contribution is 2.26. The van der Waals surface area contributed by atoms with Crippen molar-refractivity contribution < 1.29 is 9.18 Å². The van der Waals surface area contributed by atoms with Crippen LogP contribution in [0.5, 0.6) is 0 Å². The molecule has 90 valence electrons. The van der Waals surface area contributed by atoms with Gasteiger partial charge in [-0.3, -0.25) is 4.79 Å². The molecule has 0 unspecified atom stereocenters. The molecule has 0 spiro atoms. The molecular weight excluding hydrogens is 241 g/mol. The number of amides is 1. The largest absolute Gasteiger partial charge is 0.352 e. The molecule has 0 bridgehead atoms. The number of thiazole rings is 1. The smallest absolute Gasteiger partial charge is 0.241 e. The average Bonchev–Trinajstić information content (AvgIpc) is 2.67. The lowest BCUT2D eigenvalue weighted by Crippen LogP contribution is -2.28. The summed E-state index contributed by atoms with van der Waals surface area (Å²) in [7, 11) is 3.38. The zero-order valence-corrected chi connectivity index (χ0v) is 10.3. The molecule has 1 aromatic heterocycles. The van der Waals surface area contributed by atoms with E-state index in [0.717, 1.165) is 4.70 Å². The lowest BCUT2D eigenvalue weighted by Gasteiger charge is -2.09. The van der Waals surface area contributed by atoms with Gasteiger partial charge in [0.1, 0.15) is 5.82 Å². The number of nitrogens with one attached hydrogen (secondary N) is 1. The molecule has 1 amide bonds. The molecule has 0 fully saturated rings. The third kappa shape index (κ3) is 2.71. The van der Waals surface area contributed by atoms with Crippen molar-refractivity contribution in [3.63, 3.8) is 0 Å². The van der Waals surface area contributed by atoms with E-state index in [0.29, 0.717) is 10.6 Å². The van der Waals surface area contributed by atoms with Crippen LogP contribution in [0.15, 0.2) is 18.2 Å². The monoisotopic (exact) mass is 253 g/mol. The van der Waals surface area contributed by atoms with Crippen LogP contribution in [0, 0.1) is 5.82 Å². The third-order valence-corrected chi connectivity index (χ3v) is 3.23. The quantitative estimate of drug-likeness (QED) is 0.909. The Balaban J connectivity index is 2.12. The second-order valence-corrected chi connectivity index (χ2v) is 4.80. The minimum atomic E-state index is -0.307. The number of aromatic nitrogens is 1. The van der Waals surface area contributed by atoms with E-state index in [1.807, 2.05) is 0 Å². The van der Waals surface area contributed by atoms with Crippen molar-refractivity contribution in [2.75, 3.05) is 26.0 Å². The summed E-state index contributed by atoms with van der Waals surface area (Å²) in [5, 5.41) is 3.55. The molecule has 4 nitrogen and oxygen atoms in total. The fourth-order valence-corrected chi connectivity index (χ4v) is 2.13. The highest BCUT2D eigenvalue weighted by atomic mass is 32.1. The first-order valence-electron chi connectivity index (χ1n) is 5.06. The van der Waals surface area contributed by atoms with Crippen molar-refractivity contribution in [2.45, 2.75) is 0 Å². The SMILES string of the molecule is CN(C)C(=O)CNc1nc2cc(F)ccc2s1. The first-order chi connectivity index (χ1) is 8.06. The Labute approximate surface area is 102 Å². The summed E-state index contributed by atoms with van der Waals surface area (Å²) < 4.78 is 13.8. The van der Waals surface area contributed by atoms with Crippen LogP contribution in [0.25, 0.3) is 10.2 Å². The normalized spacial score (nSPS) is 10.5. The zero-order chi connectivity index (χ0) is 12.4. The molecule has 1 heterocycles. The highest BCUT2D eigenvalue weighted by molar-refractivity contribution is 7.22. The Morgan fingerprint density at radius 3 is 3.00 bits per heavy atom. The van der Waals surface area contributed by atoms with Crippen LogP contribution in [0.1, 0.15) is 0 Å². The number of hydrogen-bond acceptors (Lipinski definition) is 4. The van der Waals surface area contributed by atoms with Gasteiger partial charge in [0.2, 0.25) is 5.91 Å². The van der Waals surface area contributed by atoms with Gasteiger partial charge in [-0.15, -0.1) is 0 Å². The first-order valence-corrected chi connectivity index (χ1v) is 5.88. The Kier molecular flexibility index (Phi) is 3.23. The Bertz CT molecular complexity index is 553. The fraction of sp³-hybridized carbons (Fsp3) is 0.273. The van der Waals surface area contributed by atoms with Gasteiger partial charge in [0.15, 0.2) is 5.13 Å². The summed E-state index contributed by atoms with van der Waals surface area (Å²) in [6, 6.07) is 4.46. The molecule has 2 aromatic rings. The van der Waals surface area contributed by atoms with Crippen LogP contribution in [0.4, 0.5) is 9.52 Å². The number of carbonyl (C=O) groups is 1. The van der Waals surface area contributed by atoms with E-state index in [1.165, 1.54) is 28.4 Å². The maximum atomic E-state index is 12.9. The lowest BCUT2D eigenvalue weighted by molar-refractivity contribution is -0.126. The zero-order valence-electron chi connectivity index (χ0n) is 9.53. The molecule has 0 atom stereocenters. The van der Waals surface area contributed by atoms with Crippen LogP contribution >= 0.6 is 11.3 Å². The summed E-state index contributed by atoms with van der Waals surface area (Å²) in [6.45, 7) is 0.190. The van der Waals surface area contributed by atoms with Crippen molar-refractivity contribution in [2.24, 2.45) is 0 Å². The molecule has 0 saturated heterocycles. The van der Waals surface area contributed by atoms with Gasteiger partial charge in [-0.25, -0.2) is 9.37 Å². The summed E-state index contributed by atoms with van der Waals surface area (Å²) in [4.78, 5) is 17.1. The number of rotatable bonds is 3. The van der Waals surface area contributed by atoms with Gasteiger partial charge < -0.3 is 10.2 Å². The van der Waals surface area contributed by atoms with Crippen LogP contribution in [0.3, 0.4) is 0 Å². The van der Waals surface area contributed by atoms with Gasteiger partial charge >= 0.3 is 0 Å². The van der Waals surface area contributed by atoms with Crippen molar-refractivity contribution in [1.82, 2.24) is 9.88 Å². The summed E-state index contributed by atoms with van der Waals surface area (Å²) in [6.07, 6.45) is 0. The number of benzene rings is 1. The number of carbonyl (C=O) groups excluding carboxylic acids is 1. The van der Waals surface area contributed by atoms with Gasteiger partial charge in [-0.1, -0.05) is 11.3 Å². The van der Waals surface area contributed by atoms with E-state index in [4.69, 9.17) is 0 Å². The number of fused-ring (bicyclic) bond motifs is 1. The van der Waals surface area contributed by atoms with Crippen LogP contribution < -0.4 is 5.32 Å². The van der Waals surface area contributed by atoms with E-state index >= 15 is 0 Å². The molecule has 17 heavy (non-hydrogen) atoms. The molecule has 0 aliphatic heterocycles.